The number of carbonyl (C=O) groups excluding carboxylic acids is 1. The summed E-state index contributed by atoms with van der Waals surface area (Å²) < 4.78 is 13.5. The van der Waals surface area contributed by atoms with Crippen LogP contribution in [0.15, 0.2) is 22.2 Å². The number of nitrogens with zero attached hydrogens (tertiary/aromatic N) is 4. The van der Waals surface area contributed by atoms with Gasteiger partial charge < -0.3 is 4.90 Å². The highest BCUT2D eigenvalue weighted by Crippen LogP contribution is 2.32. The second-order valence-corrected chi connectivity index (χ2v) is 7.95. The maximum Gasteiger partial charge on any atom is 0.276 e. The first-order valence-electron chi connectivity index (χ1n) is 8.62. The Kier molecular flexibility index (Phi) is 4.15. The van der Waals surface area contributed by atoms with E-state index in [1.54, 1.807) is 21.7 Å². The number of anilines is 1. The largest absolute Gasteiger partial charge is 0.308 e. The molecule has 1 saturated carbocycles. The van der Waals surface area contributed by atoms with Crippen molar-refractivity contribution in [1.82, 2.24) is 14.5 Å². The summed E-state index contributed by atoms with van der Waals surface area (Å²) in [6, 6.07) is 1.77. The number of fused-ring (bicyclic) bond motifs is 1. The molecule has 2 aliphatic rings. The third-order valence-corrected chi connectivity index (χ3v) is 5.75. The van der Waals surface area contributed by atoms with Crippen LogP contribution < -0.4 is 10.5 Å². The van der Waals surface area contributed by atoms with Crippen LogP contribution in [-0.2, 0) is 15.6 Å². The molecule has 1 atom stereocenters. The zero-order chi connectivity index (χ0) is 17.6. The van der Waals surface area contributed by atoms with E-state index in [1.165, 1.54) is 6.26 Å². The predicted octanol–water partition coefficient (Wildman–Crippen LogP) is 1.77. The van der Waals surface area contributed by atoms with Gasteiger partial charge in [-0.1, -0.05) is 12.8 Å². The second-order valence-electron chi connectivity index (χ2n) is 6.68. The molecule has 2 aromatic rings. The standard InChI is InChI=1S/C17H20N4O3S/c1-25(24)17-18-10-11-9-13(20-8-4-7-14(20)22)16(23)21(15(11)19-17)12-5-2-3-6-12/h9-10,12H,2-8H2,1H3. The fourth-order valence-corrected chi connectivity index (χ4v) is 4.24. The molecule has 7 nitrogen and oxygen atoms in total. The first kappa shape index (κ1) is 16.4. The quantitative estimate of drug-likeness (QED) is 0.779. The molecule has 8 heteroatoms. The van der Waals surface area contributed by atoms with Crippen molar-refractivity contribution in [1.29, 1.82) is 0 Å². The SMILES string of the molecule is CS(=O)c1ncc2cc(N3CCCC3=O)c(=O)n(C3CCCC3)c2n1. The zero-order valence-electron chi connectivity index (χ0n) is 14.1. The van der Waals surface area contributed by atoms with Gasteiger partial charge in [-0.2, -0.15) is 0 Å². The molecular formula is C17H20N4O3S. The van der Waals surface area contributed by atoms with E-state index in [0.717, 1.165) is 32.1 Å². The molecule has 1 aliphatic carbocycles. The highest BCUT2D eigenvalue weighted by Gasteiger charge is 2.28. The first-order valence-corrected chi connectivity index (χ1v) is 10.2. The molecule has 1 aliphatic heterocycles. The Bertz CT molecular complexity index is 933. The van der Waals surface area contributed by atoms with Crippen LogP contribution in [0.1, 0.15) is 44.6 Å². The van der Waals surface area contributed by atoms with Crippen molar-refractivity contribution in [2.45, 2.75) is 49.7 Å². The van der Waals surface area contributed by atoms with E-state index in [9.17, 15) is 13.8 Å². The summed E-state index contributed by atoms with van der Waals surface area (Å²) >= 11 is 0. The Labute approximate surface area is 147 Å². The molecule has 1 amide bonds. The predicted molar refractivity (Wildman–Crippen MR) is 95.2 cm³/mol. The van der Waals surface area contributed by atoms with Gasteiger partial charge in [-0.15, -0.1) is 0 Å². The van der Waals surface area contributed by atoms with Crippen molar-refractivity contribution in [2.24, 2.45) is 0 Å². The molecule has 2 aromatic heterocycles. The number of pyridine rings is 1. The average Bonchev–Trinajstić information content (AvgIpc) is 3.25. The van der Waals surface area contributed by atoms with Gasteiger partial charge in [0.2, 0.25) is 11.1 Å². The molecule has 0 spiro atoms. The highest BCUT2D eigenvalue weighted by atomic mass is 32.2. The molecule has 2 fully saturated rings. The van der Waals surface area contributed by atoms with Gasteiger partial charge in [0.25, 0.3) is 5.56 Å². The molecule has 0 radical (unpaired) electrons. The summed E-state index contributed by atoms with van der Waals surface area (Å²) in [5.41, 5.74) is 0.754. The van der Waals surface area contributed by atoms with E-state index in [2.05, 4.69) is 9.97 Å². The first-order chi connectivity index (χ1) is 12.1. The fourth-order valence-electron chi connectivity index (χ4n) is 3.83. The second kappa shape index (κ2) is 6.33. The number of hydrogen-bond donors (Lipinski definition) is 0. The van der Waals surface area contributed by atoms with Crippen molar-refractivity contribution in [2.75, 3.05) is 17.7 Å². The smallest absolute Gasteiger partial charge is 0.276 e. The molecule has 0 aromatic carbocycles. The summed E-state index contributed by atoms with van der Waals surface area (Å²) in [4.78, 5) is 35.5. The summed E-state index contributed by atoms with van der Waals surface area (Å²) in [7, 11) is -1.32. The van der Waals surface area contributed by atoms with Gasteiger partial charge in [0.1, 0.15) is 11.3 Å². The van der Waals surface area contributed by atoms with E-state index in [-0.39, 0.29) is 22.7 Å². The van der Waals surface area contributed by atoms with Crippen LogP contribution in [0, 0.1) is 0 Å². The molecule has 132 valence electrons. The van der Waals surface area contributed by atoms with Gasteiger partial charge >= 0.3 is 0 Å². The van der Waals surface area contributed by atoms with Crippen LogP contribution in [0.5, 0.6) is 0 Å². The van der Waals surface area contributed by atoms with Crippen LogP contribution in [-0.4, -0.2) is 37.5 Å². The van der Waals surface area contributed by atoms with Gasteiger partial charge in [-0.05, 0) is 25.3 Å². The Morgan fingerprint density at radius 2 is 1.96 bits per heavy atom. The minimum atomic E-state index is -1.32. The lowest BCUT2D eigenvalue weighted by atomic mass is 10.2. The van der Waals surface area contributed by atoms with Gasteiger partial charge in [-0.3, -0.25) is 18.4 Å². The molecule has 25 heavy (non-hydrogen) atoms. The number of amides is 1. The third kappa shape index (κ3) is 2.78. The molecule has 1 unspecified atom stereocenters. The van der Waals surface area contributed by atoms with Crippen LogP contribution in [0.2, 0.25) is 0 Å². The van der Waals surface area contributed by atoms with E-state index in [4.69, 9.17) is 0 Å². The van der Waals surface area contributed by atoms with Crippen molar-refractivity contribution in [3.8, 4) is 0 Å². The summed E-state index contributed by atoms with van der Waals surface area (Å²) in [6.07, 6.45) is 8.35. The fraction of sp³-hybridized carbons (Fsp3) is 0.529. The molecule has 4 rings (SSSR count). The van der Waals surface area contributed by atoms with Crippen LogP contribution in [0.3, 0.4) is 0 Å². The van der Waals surface area contributed by atoms with Crippen LogP contribution in [0.4, 0.5) is 5.69 Å². The van der Waals surface area contributed by atoms with Crippen molar-refractivity contribution >= 4 is 33.4 Å². The highest BCUT2D eigenvalue weighted by molar-refractivity contribution is 7.84. The summed E-state index contributed by atoms with van der Waals surface area (Å²) in [6.45, 7) is 0.572. The third-order valence-electron chi connectivity index (χ3n) is 5.04. The molecule has 0 bridgehead atoms. The molecular weight excluding hydrogens is 340 g/mol. The Morgan fingerprint density at radius 1 is 1.20 bits per heavy atom. The van der Waals surface area contributed by atoms with E-state index in [0.29, 0.717) is 29.7 Å². The van der Waals surface area contributed by atoms with E-state index in [1.807, 2.05) is 0 Å². The van der Waals surface area contributed by atoms with Gasteiger partial charge in [0.15, 0.2) is 0 Å². The minimum absolute atomic E-state index is 0.0124. The monoisotopic (exact) mass is 360 g/mol. The van der Waals surface area contributed by atoms with Crippen molar-refractivity contribution in [3.05, 3.63) is 22.6 Å². The lowest BCUT2D eigenvalue weighted by molar-refractivity contribution is -0.117. The summed E-state index contributed by atoms with van der Waals surface area (Å²) in [5, 5.41) is 0.930. The van der Waals surface area contributed by atoms with Gasteiger partial charge in [0, 0.05) is 36.8 Å². The Balaban J connectivity index is 1.98. The normalized spacial score (nSPS) is 19.9. The number of carbonyl (C=O) groups is 1. The average molecular weight is 360 g/mol. The number of rotatable bonds is 3. The zero-order valence-corrected chi connectivity index (χ0v) is 14.9. The maximum absolute atomic E-state index is 13.2. The van der Waals surface area contributed by atoms with Gasteiger partial charge in [0.05, 0.1) is 10.8 Å². The van der Waals surface area contributed by atoms with E-state index >= 15 is 0 Å². The lowest BCUT2D eigenvalue weighted by Gasteiger charge is -2.21. The van der Waals surface area contributed by atoms with E-state index < -0.39 is 10.8 Å². The van der Waals surface area contributed by atoms with Crippen molar-refractivity contribution < 1.29 is 9.00 Å². The number of hydrogen-bond acceptors (Lipinski definition) is 5. The van der Waals surface area contributed by atoms with Gasteiger partial charge in [-0.25, -0.2) is 9.97 Å². The van der Waals surface area contributed by atoms with Crippen LogP contribution >= 0.6 is 0 Å². The topological polar surface area (TPSA) is 85.2 Å². The molecule has 0 N–H and O–H groups in total. The summed E-state index contributed by atoms with van der Waals surface area (Å²) in [5.74, 6) is -0.0124. The molecule has 1 saturated heterocycles. The lowest BCUT2D eigenvalue weighted by Crippen LogP contribution is -2.34. The minimum Gasteiger partial charge on any atom is -0.308 e. The number of aromatic nitrogens is 3. The Hall–Kier alpha value is -2.09. The molecule has 3 heterocycles. The Morgan fingerprint density at radius 3 is 2.60 bits per heavy atom. The van der Waals surface area contributed by atoms with Crippen molar-refractivity contribution in [3.63, 3.8) is 0 Å². The maximum atomic E-state index is 13.2. The van der Waals surface area contributed by atoms with Crippen LogP contribution in [0.25, 0.3) is 11.0 Å².